The van der Waals surface area contributed by atoms with Gasteiger partial charge in [0.2, 0.25) is 5.91 Å². The average Bonchev–Trinajstić information content (AvgIpc) is 2.97. The number of piperazine rings is 1. The Bertz CT molecular complexity index is 1510. The van der Waals surface area contributed by atoms with Gasteiger partial charge in [0, 0.05) is 69.4 Å². The molecule has 0 bridgehead atoms. The van der Waals surface area contributed by atoms with Gasteiger partial charge >= 0.3 is 0 Å². The summed E-state index contributed by atoms with van der Waals surface area (Å²) in [7, 11) is 1.70. The second-order valence-electron chi connectivity index (χ2n) is 9.99. The number of rotatable bonds is 8. The largest absolute Gasteiger partial charge is 0.495 e. The van der Waals surface area contributed by atoms with Gasteiger partial charge in [0.15, 0.2) is 5.43 Å². The van der Waals surface area contributed by atoms with E-state index in [0.717, 1.165) is 55.3 Å². The average molecular weight is 526 g/mol. The van der Waals surface area contributed by atoms with Gasteiger partial charge in [-0.15, -0.1) is 0 Å². The highest BCUT2D eigenvalue weighted by molar-refractivity contribution is 5.83. The van der Waals surface area contributed by atoms with Crippen molar-refractivity contribution in [1.82, 2.24) is 9.80 Å². The van der Waals surface area contributed by atoms with Gasteiger partial charge in [0.05, 0.1) is 18.2 Å². The molecule has 0 aliphatic carbocycles. The lowest BCUT2D eigenvalue weighted by Crippen LogP contribution is -2.48. The van der Waals surface area contributed by atoms with Gasteiger partial charge in [-0.25, -0.2) is 0 Å². The normalized spacial score (nSPS) is 14.0. The highest BCUT2D eigenvalue weighted by atomic mass is 16.5. The zero-order valence-corrected chi connectivity index (χ0v) is 22.9. The van der Waals surface area contributed by atoms with Gasteiger partial charge in [0.1, 0.15) is 17.1 Å². The molecule has 7 heteroatoms. The summed E-state index contributed by atoms with van der Waals surface area (Å²) in [5.41, 5.74) is 3.90. The van der Waals surface area contributed by atoms with Crippen LogP contribution in [0, 0.1) is 6.92 Å². The molecule has 0 radical (unpaired) electrons. The first kappa shape index (κ1) is 26.5. The molecule has 1 aliphatic heterocycles. The van der Waals surface area contributed by atoms with Crippen molar-refractivity contribution in [3.05, 3.63) is 94.1 Å². The summed E-state index contributed by atoms with van der Waals surface area (Å²) in [5, 5.41) is 0.542. The first-order valence-corrected chi connectivity index (χ1v) is 13.4. The molecule has 0 saturated carbocycles. The highest BCUT2D eigenvalue weighted by Gasteiger charge is 2.22. The molecule has 1 amide bonds. The number of anilines is 1. The van der Waals surface area contributed by atoms with Crippen LogP contribution in [0.5, 0.6) is 5.75 Å². The van der Waals surface area contributed by atoms with E-state index < -0.39 is 0 Å². The van der Waals surface area contributed by atoms with Crippen molar-refractivity contribution in [2.45, 2.75) is 20.4 Å². The van der Waals surface area contributed by atoms with E-state index in [2.05, 4.69) is 15.9 Å². The molecular formula is C32H35N3O4. The molecule has 0 unspecified atom stereocenters. The van der Waals surface area contributed by atoms with E-state index in [1.165, 1.54) is 0 Å². The fraction of sp³-hybridized carbons (Fsp3) is 0.312. The lowest BCUT2D eigenvalue weighted by atomic mass is 10.0. The second-order valence-corrected chi connectivity index (χ2v) is 9.99. The van der Waals surface area contributed by atoms with Crippen LogP contribution in [-0.2, 0) is 11.3 Å². The van der Waals surface area contributed by atoms with E-state index in [4.69, 9.17) is 9.15 Å². The molecular weight excluding hydrogens is 490 g/mol. The molecule has 5 rings (SSSR count). The number of amides is 1. The molecule has 1 saturated heterocycles. The Kier molecular flexibility index (Phi) is 7.98. The Morgan fingerprint density at radius 2 is 1.67 bits per heavy atom. The minimum absolute atomic E-state index is 0.00241. The van der Waals surface area contributed by atoms with Crippen LogP contribution in [0.4, 0.5) is 5.69 Å². The number of carbonyl (C=O) groups excluding carboxylic acids is 1. The van der Waals surface area contributed by atoms with E-state index in [1.807, 2.05) is 65.6 Å². The summed E-state index contributed by atoms with van der Waals surface area (Å²) in [5.74, 6) is 1.46. The fourth-order valence-electron chi connectivity index (χ4n) is 5.28. The van der Waals surface area contributed by atoms with Crippen LogP contribution >= 0.6 is 0 Å². The second kappa shape index (κ2) is 11.7. The zero-order valence-electron chi connectivity index (χ0n) is 22.9. The van der Waals surface area contributed by atoms with E-state index >= 15 is 0 Å². The molecule has 1 aliphatic rings. The Balaban J connectivity index is 1.30. The zero-order chi connectivity index (χ0) is 27.4. The van der Waals surface area contributed by atoms with Gasteiger partial charge in [-0.05, 0) is 25.1 Å². The van der Waals surface area contributed by atoms with E-state index in [1.54, 1.807) is 27.0 Å². The fourth-order valence-corrected chi connectivity index (χ4v) is 5.28. The van der Waals surface area contributed by atoms with E-state index in [-0.39, 0.29) is 11.3 Å². The highest BCUT2D eigenvalue weighted by Crippen LogP contribution is 2.29. The molecule has 4 aromatic rings. The number of fused-ring (bicyclic) bond motifs is 1. The Labute approximate surface area is 229 Å². The predicted octanol–water partition coefficient (Wildman–Crippen LogP) is 4.95. The molecule has 2 heterocycles. The van der Waals surface area contributed by atoms with Crippen molar-refractivity contribution in [3.63, 3.8) is 0 Å². The number of hydrogen-bond acceptors (Lipinski definition) is 6. The van der Waals surface area contributed by atoms with Gasteiger partial charge < -0.3 is 19.0 Å². The van der Waals surface area contributed by atoms with E-state index in [0.29, 0.717) is 35.4 Å². The van der Waals surface area contributed by atoms with Crippen molar-refractivity contribution >= 4 is 22.6 Å². The maximum absolute atomic E-state index is 13.2. The Hall–Kier alpha value is -4.10. The minimum Gasteiger partial charge on any atom is -0.495 e. The van der Waals surface area contributed by atoms with Crippen molar-refractivity contribution in [3.8, 4) is 17.1 Å². The number of hydrogen-bond donors (Lipinski definition) is 0. The Morgan fingerprint density at radius 3 is 2.38 bits per heavy atom. The quantitative estimate of drug-likeness (QED) is 0.324. The maximum atomic E-state index is 13.2. The van der Waals surface area contributed by atoms with Crippen molar-refractivity contribution < 1.29 is 13.9 Å². The summed E-state index contributed by atoms with van der Waals surface area (Å²) in [6.45, 7) is 8.78. The molecule has 39 heavy (non-hydrogen) atoms. The first-order valence-electron chi connectivity index (χ1n) is 13.4. The standard InChI is InChI=1S/C32H35N3O4/c1-23-30(37)27-13-9-12-26(32(27)39-31(23)25-10-5-4-6-11-25)22-35(24(2)36)21-18-33-16-19-34(20-17-33)28-14-7-8-15-29(28)38-3/h4-15H,16-22H2,1-3H3. The van der Waals surface area contributed by atoms with Crippen molar-refractivity contribution in [2.75, 3.05) is 51.3 Å². The van der Waals surface area contributed by atoms with Gasteiger partial charge in [-0.1, -0.05) is 54.6 Å². The van der Waals surface area contributed by atoms with Gasteiger partial charge in [-0.3, -0.25) is 14.5 Å². The van der Waals surface area contributed by atoms with Crippen LogP contribution in [0.15, 0.2) is 82.0 Å². The Morgan fingerprint density at radius 1 is 0.949 bits per heavy atom. The number of benzene rings is 3. The summed E-state index contributed by atoms with van der Waals surface area (Å²) in [6.07, 6.45) is 0. The number of para-hydroxylation sites is 3. The van der Waals surface area contributed by atoms with Crippen molar-refractivity contribution in [1.29, 1.82) is 0 Å². The number of nitrogens with zero attached hydrogens (tertiary/aromatic N) is 3. The molecule has 1 aromatic heterocycles. The molecule has 0 N–H and O–H groups in total. The molecule has 7 nitrogen and oxygen atoms in total. The van der Waals surface area contributed by atoms with Crippen LogP contribution < -0.4 is 15.1 Å². The summed E-state index contributed by atoms with van der Waals surface area (Å²) in [4.78, 5) is 32.5. The van der Waals surface area contributed by atoms with Crippen LogP contribution in [-0.4, -0.2) is 62.1 Å². The summed E-state index contributed by atoms with van der Waals surface area (Å²) >= 11 is 0. The van der Waals surface area contributed by atoms with Gasteiger partial charge in [0.25, 0.3) is 0 Å². The van der Waals surface area contributed by atoms with Crippen LogP contribution in [0.2, 0.25) is 0 Å². The SMILES string of the molecule is COc1ccccc1N1CCN(CCN(Cc2cccc3c(=O)c(C)c(-c4ccccc4)oc23)C(C)=O)CC1. The molecule has 3 aromatic carbocycles. The lowest BCUT2D eigenvalue weighted by Gasteiger charge is -2.37. The summed E-state index contributed by atoms with van der Waals surface area (Å²) in [6, 6.07) is 23.4. The third kappa shape index (κ3) is 5.68. The number of ether oxygens (including phenoxy) is 1. The topological polar surface area (TPSA) is 66.2 Å². The molecule has 0 atom stereocenters. The summed E-state index contributed by atoms with van der Waals surface area (Å²) < 4.78 is 11.9. The van der Waals surface area contributed by atoms with Crippen molar-refractivity contribution in [2.24, 2.45) is 0 Å². The number of methoxy groups -OCH3 is 1. The minimum atomic E-state index is -0.0424. The smallest absolute Gasteiger partial charge is 0.219 e. The molecule has 202 valence electrons. The number of carbonyl (C=O) groups is 1. The van der Waals surface area contributed by atoms with Crippen LogP contribution in [0.1, 0.15) is 18.1 Å². The van der Waals surface area contributed by atoms with Gasteiger partial charge in [-0.2, -0.15) is 0 Å². The van der Waals surface area contributed by atoms with E-state index in [9.17, 15) is 9.59 Å². The predicted molar refractivity (Wildman–Crippen MR) is 155 cm³/mol. The maximum Gasteiger partial charge on any atom is 0.219 e. The molecule has 1 fully saturated rings. The van der Waals surface area contributed by atoms with Crippen LogP contribution in [0.3, 0.4) is 0 Å². The third-order valence-electron chi connectivity index (χ3n) is 7.55. The molecule has 0 spiro atoms. The third-order valence-corrected chi connectivity index (χ3v) is 7.55. The monoisotopic (exact) mass is 525 g/mol. The first-order chi connectivity index (χ1) is 19.0. The lowest BCUT2D eigenvalue weighted by molar-refractivity contribution is -0.129. The van der Waals surface area contributed by atoms with Crippen LogP contribution in [0.25, 0.3) is 22.3 Å².